The van der Waals surface area contributed by atoms with Gasteiger partial charge in [-0.25, -0.2) is 0 Å². The van der Waals surface area contributed by atoms with Crippen LogP contribution in [0.2, 0.25) is 10.0 Å². The van der Waals surface area contributed by atoms with Gasteiger partial charge in [0.25, 0.3) is 5.91 Å². The lowest BCUT2D eigenvalue weighted by Gasteiger charge is -2.29. The van der Waals surface area contributed by atoms with Crippen molar-refractivity contribution in [2.24, 2.45) is 0 Å². The number of thioether (sulfide) groups is 1. The fourth-order valence-electron chi connectivity index (χ4n) is 2.57. The first-order chi connectivity index (χ1) is 11.0. The molecule has 0 aromatic heterocycles. The molecule has 120 valence electrons. The van der Waals surface area contributed by atoms with E-state index in [9.17, 15) is 4.79 Å². The SMILES string of the molecule is COc1c(Cl)cc(C(=O)N2CCSc3cc(C)ccc32)cc1Cl. The Labute approximate surface area is 149 Å². The monoisotopic (exact) mass is 367 g/mol. The van der Waals surface area contributed by atoms with E-state index in [1.807, 2.05) is 19.1 Å². The molecule has 2 aromatic carbocycles. The van der Waals surface area contributed by atoms with E-state index in [0.29, 0.717) is 27.9 Å². The minimum Gasteiger partial charge on any atom is -0.494 e. The number of ether oxygens (including phenoxy) is 1. The summed E-state index contributed by atoms with van der Waals surface area (Å²) >= 11 is 14.1. The van der Waals surface area contributed by atoms with Gasteiger partial charge in [-0.1, -0.05) is 29.3 Å². The summed E-state index contributed by atoms with van der Waals surface area (Å²) in [5, 5.41) is 0.665. The average molecular weight is 368 g/mol. The van der Waals surface area contributed by atoms with Gasteiger partial charge in [-0.3, -0.25) is 4.79 Å². The summed E-state index contributed by atoms with van der Waals surface area (Å²) in [5.41, 5.74) is 2.57. The minimum absolute atomic E-state index is 0.109. The van der Waals surface area contributed by atoms with E-state index in [1.165, 1.54) is 12.7 Å². The number of carbonyl (C=O) groups excluding carboxylic acids is 1. The van der Waals surface area contributed by atoms with Crippen molar-refractivity contribution in [3.05, 3.63) is 51.5 Å². The summed E-state index contributed by atoms with van der Waals surface area (Å²) in [4.78, 5) is 15.8. The third kappa shape index (κ3) is 3.16. The predicted octanol–water partition coefficient (Wildman–Crippen LogP) is 5.06. The highest BCUT2D eigenvalue weighted by Crippen LogP contribution is 2.38. The van der Waals surface area contributed by atoms with Crippen molar-refractivity contribution in [2.75, 3.05) is 24.3 Å². The smallest absolute Gasteiger partial charge is 0.258 e. The van der Waals surface area contributed by atoms with Gasteiger partial charge in [0, 0.05) is 22.8 Å². The lowest BCUT2D eigenvalue weighted by molar-refractivity contribution is 0.0987. The van der Waals surface area contributed by atoms with Crippen molar-refractivity contribution in [1.82, 2.24) is 0 Å². The van der Waals surface area contributed by atoms with E-state index in [1.54, 1.807) is 28.8 Å². The molecule has 1 aliphatic rings. The second kappa shape index (κ2) is 6.63. The van der Waals surface area contributed by atoms with Crippen LogP contribution in [0.25, 0.3) is 0 Å². The highest BCUT2D eigenvalue weighted by Gasteiger charge is 2.25. The number of nitrogens with zero attached hydrogens (tertiary/aromatic N) is 1. The first-order valence-corrected chi connectivity index (χ1v) is 8.83. The topological polar surface area (TPSA) is 29.5 Å². The van der Waals surface area contributed by atoms with E-state index < -0.39 is 0 Å². The number of benzene rings is 2. The molecule has 0 unspecified atom stereocenters. The number of fused-ring (bicyclic) bond motifs is 1. The van der Waals surface area contributed by atoms with Gasteiger partial charge in [0.15, 0.2) is 5.75 Å². The lowest BCUT2D eigenvalue weighted by atomic mass is 10.1. The van der Waals surface area contributed by atoms with E-state index in [2.05, 4.69) is 6.07 Å². The Bertz CT molecular complexity index is 756. The van der Waals surface area contributed by atoms with E-state index in [0.717, 1.165) is 16.3 Å². The zero-order valence-corrected chi connectivity index (χ0v) is 15.1. The summed E-state index contributed by atoms with van der Waals surface area (Å²) in [5.74, 6) is 1.14. The van der Waals surface area contributed by atoms with Crippen LogP contribution in [0.3, 0.4) is 0 Å². The molecule has 6 heteroatoms. The highest BCUT2D eigenvalue weighted by atomic mass is 35.5. The first kappa shape index (κ1) is 16.5. The number of methoxy groups -OCH3 is 1. The van der Waals surface area contributed by atoms with Gasteiger partial charge in [-0.2, -0.15) is 0 Å². The molecule has 0 fully saturated rings. The van der Waals surface area contributed by atoms with Gasteiger partial charge < -0.3 is 9.64 Å². The van der Waals surface area contributed by atoms with Crippen molar-refractivity contribution in [1.29, 1.82) is 0 Å². The number of aryl methyl sites for hydroxylation is 1. The number of amides is 1. The van der Waals surface area contributed by atoms with Gasteiger partial charge in [0.2, 0.25) is 0 Å². The van der Waals surface area contributed by atoms with E-state index in [-0.39, 0.29) is 5.91 Å². The molecule has 1 aliphatic heterocycles. The highest BCUT2D eigenvalue weighted by molar-refractivity contribution is 7.99. The molecule has 2 aromatic rings. The van der Waals surface area contributed by atoms with Crippen molar-refractivity contribution >= 4 is 46.6 Å². The Morgan fingerprint density at radius 2 is 1.91 bits per heavy atom. The molecule has 3 nitrogen and oxygen atoms in total. The van der Waals surface area contributed by atoms with Crippen LogP contribution >= 0.6 is 35.0 Å². The quantitative estimate of drug-likeness (QED) is 0.742. The van der Waals surface area contributed by atoms with Crippen LogP contribution in [-0.4, -0.2) is 25.3 Å². The number of anilines is 1. The molecule has 0 aliphatic carbocycles. The number of carbonyl (C=O) groups is 1. The summed E-state index contributed by atoms with van der Waals surface area (Å²) in [6.07, 6.45) is 0. The molecule has 1 amide bonds. The lowest BCUT2D eigenvalue weighted by Crippen LogP contribution is -2.35. The predicted molar refractivity (Wildman–Crippen MR) is 96.6 cm³/mol. The normalized spacial score (nSPS) is 13.7. The Hall–Kier alpha value is -1.36. The zero-order valence-electron chi connectivity index (χ0n) is 12.7. The number of halogens is 2. The van der Waals surface area contributed by atoms with Gasteiger partial charge in [-0.05, 0) is 36.8 Å². The largest absolute Gasteiger partial charge is 0.494 e. The Morgan fingerprint density at radius 1 is 1.22 bits per heavy atom. The Morgan fingerprint density at radius 3 is 2.57 bits per heavy atom. The molecule has 0 N–H and O–H groups in total. The van der Waals surface area contributed by atoms with Crippen LogP contribution < -0.4 is 9.64 Å². The molecule has 0 saturated heterocycles. The maximum atomic E-state index is 12.9. The summed E-state index contributed by atoms with van der Waals surface area (Å²) in [6.45, 7) is 2.70. The molecular weight excluding hydrogens is 353 g/mol. The average Bonchev–Trinajstić information content (AvgIpc) is 2.53. The summed E-state index contributed by atoms with van der Waals surface area (Å²) in [6, 6.07) is 9.31. The van der Waals surface area contributed by atoms with Gasteiger partial charge in [0.05, 0.1) is 22.8 Å². The van der Waals surface area contributed by atoms with Crippen LogP contribution in [0.1, 0.15) is 15.9 Å². The van der Waals surface area contributed by atoms with Gasteiger partial charge >= 0.3 is 0 Å². The van der Waals surface area contributed by atoms with Crippen molar-refractivity contribution in [2.45, 2.75) is 11.8 Å². The van der Waals surface area contributed by atoms with Crippen LogP contribution in [0.4, 0.5) is 5.69 Å². The Kier molecular flexibility index (Phi) is 4.76. The summed E-state index contributed by atoms with van der Waals surface area (Å²) in [7, 11) is 1.50. The molecule has 0 spiro atoms. The van der Waals surface area contributed by atoms with Gasteiger partial charge in [0.1, 0.15) is 0 Å². The molecule has 3 rings (SSSR count). The second-order valence-electron chi connectivity index (χ2n) is 5.25. The minimum atomic E-state index is -0.109. The number of rotatable bonds is 2. The molecule has 0 saturated carbocycles. The fraction of sp³-hybridized carbons (Fsp3) is 0.235. The Balaban J connectivity index is 1.99. The third-order valence-corrected chi connectivity index (χ3v) is 5.26. The molecule has 0 radical (unpaired) electrons. The molecule has 0 bridgehead atoms. The van der Waals surface area contributed by atoms with Crippen molar-refractivity contribution in [3.8, 4) is 5.75 Å². The van der Waals surface area contributed by atoms with Crippen LogP contribution in [-0.2, 0) is 0 Å². The zero-order chi connectivity index (χ0) is 16.6. The van der Waals surface area contributed by atoms with Crippen molar-refractivity contribution < 1.29 is 9.53 Å². The fourth-order valence-corrected chi connectivity index (χ4v) is 4.30. The number of hydrogen-bond acceptors (Lipinski definition) is 3. The maximum Gasteiger partial charge on any atom is 0.258 e. The number of hydrogen-bond donors (Lipinski definition) is 0. The first-order valence-electron chi connectivity index (χ1n) is 7.09. The molecular formula is C17H15Cl2NO2S. The summed E-state index contributed by atoms with van der Waals surface area (Å²) < 4.78 is 5.13. The van der Waals surface area contributed by atoms with Crippen LogP contribution in [0.15, 0.2) is 35.2 Å². The third-order valence-electron chi connectivity index (χ3n) is 3.67. The van der Waals surface area contributed by atoms with E-state index >= 15 is 0 Å². The van der Waals surface area contributed by atoms with E-state index in [4.69, 9.17) is 27.9 Å². The standard InChI is InChI=1S/C17H15Cl2NO2S/c1-10-3-4-14-15(7-10)23-6-5-20(14)17(21)11-8-12(18)16(22-2)13(19)9-11/h3-4,7-9H,5-6H2,1-2H3. The second-order valence-corrected chi connectivity index (χ2v) is 7.20. The molecule has 1 heterocycles. The molecule has 0 atom stereocenters. The van der Waals surface area contributed by atoms with Crippen LogP contribution in [0, 0.1) is 6.92 Å². The maximum absolute atomic E-state index is 12.9. The van der Waals surface area contributed by atoms with Crippen LogP contribution in [0.5, 0.6) is 5.75 Å². The van der Waals surface area contributed by atoms with Crippen molar-refractivity contribution in [3.63, 3.8) is 0 Å². The van der Waals surface area contributed by atoms with Gasteiger partial charge in [-0.15, -0.1) is 11.8 Å². The molecule has 23 heavy (non-hydrogen) atoms.